The van der Waals surface area contributed by atoms with Gasteiger partial charge in [0.2, 0.25) is 0 Å². The Balaban J connectivity index is 1.77. The third-order valence-electron chi connectivity index (χ3n) is 3.87. The summed E-state index contributed by atoms with van der Waals surface area (Å²) in [4.78, 5) is 12.4. The fourth-order valence-electron chi connectivity index (χ4n) is 2.44. The topological polar surface area (TPSA) is 70.1 Å². The molecule has 0 bridgehead atoms. The average Bonchev–Trinajstić information content (AvgIpc) is 3.02. The van der Waals surface area contributed by atoms with Crippen LogP contribution in [0.1, 0.15) is 28.5 Å². The van der Waals surface area contributed by atoms with E-state index in [2.05, 4.69) is 20.7 Å². The predicted molar refractivity (Wildman–Crippen MR) is 99.9 cm³/mol. The van der Waals surface area contributed by atoms with Crippen LogP contribution in [0.4, 0.5) is 0 Å². The van der Waals surface area contributed by atoms with Crippen molar-refractivity contribution in [1.82, 2.24) is 15.6 Å². The van der Waals surface area contributed by atoms with Crippen LogP contribution in [0.15, 0.2) is 59.7 Å². The quantitative estimate of drug-likeness (QED) is 0.546. The van der Waals surface area contributed by atoms with Crippen LogP contribution in [0.2, 0.25) is 5.02 Å². The molecule has 25 heavy (non-hydrogen) atoms. The number of carbonyl (C=O) groups is 1. The molecule has 3 rings (SSSR count). The highest BCUT2D eigenvalue weighted by Gasteiger charge is 2.16. The van der Waals surface area contributed by atoms with Crippen molar-refractivity contribution in [3.8, 4) is 11.3 Å². The minimum Gasteiger partial charge on any atom is -0.272 e. The summed E-state index contributed by atoms with van der Waals surface area (Å²) in [5, 5.41) is 11.9. The first-order chi connectivity index (χ1) is 12.1. The van der Waals surface area contributed by atoms with Crippen LogP contribution in [0.5, 0.6) is 0 Å². The van der Waals surface area contributed by atoms with Crippen LogP contribution < -0.4 is 5.43 Å². The molecule has 0 aliphatic heterocycles. The summed E-state index contributed by atoms with van der Waals surface area (Å²) >= 11 is 5.87. The molecule has 126 valence electrons. The van der Waals surface area contributed by atoms with Gasteiger partial charge in [-0.25, -0.2) is 5.43 Å². The van der Waals surface area contributed by atoms with Gasteiger partial charge in [0.25, 0.3) is 5.91 Å². The Bertz CT molecular complexity index is 914. The molecule has 0 saturated carbocycles. The number of hydrogen-bond acceptors (Lipinski definition) is 3. The van der Waals surface area contributed by atoms with E-state index in [9.17, 15) is 4.79 Å². The first-order valence-electron chi connectivity index (χ1n) is 7.77. The number of hydrazone groups is 1. The van der Waals surface area contributed by atoms with Crippen LogP contribution in [0.3, 0.4) is 0 Å². The number of nitrogens with zero attached hydrogens (tertiary/aromatic N) is 2. The number of aromatic amines is 1. The van der Waals surface area contributed by atoms with E-state index in [0.717, 1.165) is 22.4 Å². The van der Waals surface area contributed by atoms with Gasteiger partial charge in [-0.2, -0.15) is 10.2 Å². The van der Waals surface area contributed by atoms with E-state index in [1.807, 2.05) is 56.3 Å². The van der Waals surface area contributed by atoms with Gasteiger partial charge in [-0.3, -0.25) is 9.89 Å². The number of carbonyl (C=O) groups excluding carboxylic acids is 1. The number of aromatic nitrogens is 2. The number of rotatable bonds is 4. The number of amides is 1. The fraction of sp³-hybridized carbons (Fsp3) is 0.105. The first-order valence-corrected chi connectivity index (χ1v) is 8.15. The molecule has 1 heterocycles. The summed E-state index contributed by atoms with van der Waals surface area (Å²) in [5.74, 6) is -0.333. The molecule has 0 aliphatic rings. The van der Waals surface area contributed by atoms with Gasteiger partial charge in [0, 0.05) is 16.1 Å². The Morgan fingerprint density at radius 3 is 2.48 bits per heavy atom. The molecule has 1 amide bonds. The molecule has 2 N–H and O–H groups in total. The van der Waals surface area contributed by atoms with Crippen molar-refractivity contribution in [1.29, 1.82) is 0 Å². The molecule has 5 nitrogen and oxygen atoms in total. The molecule has 3 aromatic rings. The smallest absolute Gasteiger partial charge is 0.272 e. The van der Waals surface area contributed by atoms with Gasteiger partial charge in [-0.05, 0) is 31.5 Å². The van der Waals surface area contributed by atoms with E-state index in [0.29, 0.717) is 16.4 Å². The number of halogens is 1. The van der Waals surface area contributed by atoms with Crippen molar-refractivity contribution >= 4 is 23.2 Å². The highest BCUT2D eigenvalue weighted by molar-refractivity contribution is 6.30. The second kappa shape index (κ2) is 7.32. The van der Waals surface area contributed by atoms with Gasteiger partial charge in [-0.1, -0.05) is 54.1 Å². The van der Waals surface area contributed by atoms with Gasteiger partial charge in [-0.15, -0.1) is 0 Å². The Hall–Kier alpha value is -2.92. The largest absolute Gasteiger partial charge is 0.289 e. The summed E-state index contributed by atoms with van der Waals surface area (Å²) in [6.45, 7) is 3.68. The summed E-state index contributed by atoms with van der Waals surface area (Å²) in [6.07, 6.45) is 0. The minimum atomic E-state index is -0.333. The lowest BCUT2D eigenvalue weighted by molar-refractivity contribution is 0.0949. The molecule has 1 aromatic heterocycles. The third kappa shape index (κ3) is 3.78. The SMILES string of the molecule is C/C(=N\NC(=O)c1[nH]nc(-c2ccccc2)c1C)c1ccc(Cl)cc1. The molecule has 0 radical (unpaired) electrons. The highest BCUT2D eigenvalue weighted by Crippen LogP contribution is 2.22. The van der Waals surface area contributed by atoms with E-state index in [-0.39, 0.29) is 5.91 Å². The molecule has 0 aliphatic carbocycles. The zero-order valence-electron chi connectivity index (χ0n) is 13.9. The maximum Gasteiger partial charge on any atom is 0.289 e. The first kappa shape index (κ1) is 16.9. The minimum absolute atomic E-state index is 0.333. The number of hydrogen-bond donors (Lipinski definition) is 2. The van der Waals surface area contributed by atoms with Crippen molar-refractivity contribution in [3.63, 3.8) is 0 Å². The molecule has 0 saturated heterocycles. The van der Waals surface area contributed by atoms with Gasteiger partial charge in [0.05, 0.1) is 11.4 Å². The number of H-pyrrole nitrogens is 1. The zero-order chi connectivity index (χ0) is 17.8. The molecule has 0 atom stereocenters. The standard InChI is InChI=1S/C19H17ClN4O/c1-12-17(15-6-4-3-5-7-15)22-23-18(12)19(25)24-21-13(2)14-8-10-16(20)11-9-14/h3-11H,1-2H3,(H,22,23)(H,24,25)/b21-13+. The molecule has 0 fully saturated rings. The Morgan fingerprint density at radius 2 is 1.80 bits per heavy atom. The normalized spacial score (nSPS) is 11.4. The van der Waals surface area contributed by atoms with Crippen LogP contribution in [-0.4, -0.2) is 21.8 Å². The molecular weight excluding hydrogens is 336 g/mol. The average molecular weight is 353 g/mol. The Kier molecular flexibility index (Phi) is 4.95. The summed E-state index contributed by atoms with van der Waals surface area (Å²) in [6, 6.07) is 17.0. The van der Waals surface area contributed by atoms with Crippen LogP contribution in [0, 0.1) is 6.92 Å². The fourth-order valence-corrected chi connectivity index (χ4v) is 2.57. The predicted octanol–water partition coefficient (Wildman–Crippen LogP) is 4.19. The number of benzene rings is 2. The van der Waals surface area contributed by atoms with Crippen LogP contribution >= 0.6 is 11.6 Å². The van der Waals surface area contributed by atoms with Gasteiger partial charge in [0.1, 0.15) is 5.69 Å². The number of nitrogens with one attached hydrogen (secondary N) is 2. The third-order valence-corrected chi connectivity index (χ3v) is 4.12. The van der Waals surface area contributed by atoms with E-state index >= 15 is 0 Å². The van der Waals surface area contributed by atoms with Crippen molar-refractivity contribution < 1.29 is 4.79 Å². The lowest BCUT2D eigenvalue weighted by atomic mass is 10.1. The monoisotopic (exact) mass is 352 g/mol. The van der Waals surface area contributed by atoms with E-state index < -0.39 is 0 Å². The lowest BCUT2D eigenvalue weighted by Gasteiger charge is -2.03. The lowest BCUT2D eigenvalue weighted by Crippen LogP contribution is -2.20. The second-order valence-corrected chi connectivity index (χ2v) is 6.02. The maximum absolute atomic E-state index is 12.4. The van der Waals surface area contributed by atoms with Gasteiger partial charge < -0.3 is 0 Å². The summed E-state index contributed by atoms with van der Waals surface area (Å²) in [5.41, 5.74) is 7.02. The molecule has 0 unspecified atom stereocenters. The molecule has 6 heteroatoms. The van der Waals surface area contributed by atoms with Crippen LogP contribution in [-0.2, 0) is 0 Å². The van der Waals surface area contributed by atoms with Gasteiger partial charge in [0.15, 0.2) is 0 Å². The maximum atomic E-state index is 12.4. The van der Waals surface area contributed by atoms with Crippen molar-refractivity contribution in [2.24, 2.45) is 5.10 Å². The van der Waals surface area contributed by atoms with Crippen LogP contribution in [0.25, 0.3) is 11.3 Å². The molecular formula is C19H17ClN4O. The van der Waals surface area contributed by atoms with E-state index in [1.165, 1.54) is 0 Å². The molecule has 2 aromatic carbocycles. The zero-order valence-corrected chi connectivity index (χ0v) is 14.6. The van der Waals surface area contributed by atoms with Gasteiger partial charge >= 0.3 is 0 Å². The van der Waals surface area contributed by atoms with E-state index in [4.69, 9.17) is 11.6 Å². The second-order valence-electron chi connectivity index (χ2n) is 5.58. The Labute approximate surface area is 150 Å². The van der Waals surface area contributed by atoms with Crippen molar-refractivity contribution in [3.05, 3.63) is 76.4 Å². The van der Waals surface area contributed by atoms with E-state index in [1.54, 1.807) is 12.1 Å². The highest BCUT2D eigenvalue weighted by atomic mass is 35.5. The molecule has 0 spiro atoms. The summed E-state index contributed by atoms with van der Waals surface area (Å²) < 4.78 is 0. The summed E-state index contributed by atoms with van der Waals surface area (Å²) in [7, 11) is 0. The van der Waals surface area contributed by atoms with Crippen molar-refractivity contribution in [2.45, 2.75) is 13.8 Å². The van der Waals surface area contributed by atoms with Crippen molar-refractivity contribution in [2.75, 3.05) is 0 Å². The Morgan fingerprint density at radius 1 is 1.12 bits per heavy atom.